The maximum absolute atomic E-state index is 12.9. The summed E-state index contributed by atoms with van der Waals surface area (Å²) in [5, 5.41) is 3.69. The first-order chi connectivity index (χ1) is 13.7. The maximum Gasteiger partial charge on any atom is 0.257 e. The second-order valence-electron chi connectivity index (χ2n) is 6.20. The van der Waals surface area contributed by atoms with Crippen molar-refractivity contribution in [2.24, 2.45) is 0 Å². The van der Waals surface area contributed by atoms with Crippen LogP contribution in [0.3, 0.4) is 0 Å². The van der Waals surface area contributed by atoms with Gasteiger partial charge in [0.2, 0.25) is 6.79 Å². The minimum absolute atomic E-state index is 0.211. The number of ether oxygens (including phenoxy) is 2. The van der Waals surface area contributed by atoms with Gasteiger partial charge in [-0.1, -0.05) is 6.07 Å². The number of amides is 1. The summed E-state index contributed by atoms with van der Waals surface area (Å²) in [4.78, 5) is 24.4. The van der Waals surface area contributed by atoms with E-state index in [-0.39, 0.29) is 12.7 Å². The first-order valence-corrected chi connectivity index (χ1v) is 9.26. The Morgan fingerprint density at radius 1 is 1.14 bits per heavy atom. The highest BCUT2D eigenvalue weighted by atomic mass is 79.9. The number of benzene rings is 1. The second-order valence-corrected chi connectivity index (χ2v) is 7.11. The largest absolute Gasteiger partial charge is 0.454 e. The van der Waals surface area contributed by atoms with Gasteiger partial charge in [0.15, 0.2) is 11.5 Å². The Kier molecular flexibility index (Phi) is 3.98. The third-order valence-electron chi connectivity index (χ3n) is 4.50. The van der Waals surface area contributed by atoms with E-state index in [0.29, 0.717) is 28.4 Å². The van der Waals surface area contributed by atoms with Gasteiger partial charge in [0, 0.05) is 34.0 Å². The van der Waals surface area contributed by atoms with Crippen LogP contribution in [-0.4, -0.2) is 27.7 Å². The molecular formula is C20H13BrN4O3. The van der Waals surface area contributed by atoms with Crippen molar-refractivity contribution in [3.63, 3.8) is 0 Å². The normalized spacial score (nSPS) is 12.3. The van der Waals surface area contributed by atoms with E-state index in [2.05, 4.69) is 36.2 Å². The summed E-state index contributed by atoms with van der Waals surface area (Å²) < 4.78 is 11.6. The highest BCUT2D eigenvalue weighted by molar-refractivity contribution is 9.10. The molecule has 1 aromatic carbocycles. The summed E-state index contributed by atoms with van der Waals surface area (Å²) in [5.74, 6) is 1.14. The van der Waals surface area contributed by atoms with Crippen molar-refractivity contribution >= 4 is 38.6 Å². The van der Waals surface area contributed by atoms with Gasteiger partial charge in [-0.15, -0.1) is 0 Å². The Morgan fingerprint density at radius 2 is 2.04 bits per heavy atom. The summed E-state index contributed by atoms with van der Waals surface area (Å²) in [5.41, 5.74) is 3.48. The van der Waals surface area contributed by atoms with Crippen LogP contribution in [0.5, 0.6) is 11.5 Å². The molecule has 0 radical (unpaired) electrons. The Labute approximate surface area is 167 Å². The lowest BCUT2D eigenvalue weighted by atomic mass is 10.0. The zero-order valence-electron chi connectivity index (χ0n) is 14.4. The van der Waals surface area contributed by atoms with Gasteiger partial charge in [0.1, 0.15) is 5.65 Å². The van der Waals surface area contributed by atoms with Gasteiger partial charge in [-0.25, -0.2) is 4.98 Å². The second kappa shape index (κ2) is 6.65. The van der Waals surface area contributed by atoms with Crippen LogP contribution in [0.2, 0.25) is 0 Å². The average molecular weight is 437 g/mol. The number of nitrogens with zero attached hydrogens (tertiary/aromatic N) is 2. The molecule has 4 heterocycles. The Balaban J connectivity index is 1.50. The highest BCUT2D eigenvalue weighted by Gasteiger charge is 2.18. The third-order valence-corrected chi connectivity index (χ3v) is 4.93. The summed E-state index contributed by atoms with van der Waals surface area (Å²) in [7, 11) is 0. The summed E-state index contributed by atoms with van der Waals surface area (Å²) in [6.45, 7) is 0.211. The molecule has 7 nitrogen and oxygen atoms in total. The van der Waals surface area contributed by atoms with E-state index in [0.717, 1.165) is 21.0 Å². The van der Waals surface area contributed by atoms with Gasteiger partial charge in [-0.2, -0.15) is 0 Å². The van der Waals surface area contributed by atoms with Gasteiger partial charge in [0.25, 0.3) is 5.91 Å². The predicted octanol–water partition coefficient (Wildman–Crippen LogP) is 4.37. The van der Waals surface area contributed by atoms with Crippen LogP contribution < -0.4 is 14.8 Å². The summed E-state index contributed by atoms with van der Waals surface area (Å²) in [6, 6.07) is 9.37. The molecule has 138 valence electrons. The van der Waals surface area contributed by atoms with Crippen molar-refractivity contribution < 1.29 is 14.3 Å². The lowest BCUT2D eigenvalue weighted by Crippen LogP contribution is -2.12. The first-order valence-electron chi connectivity index (χ1n) is 8.47. The Bertz CT molecular complexity index is 1220. The fourth-order valence-corrected chi connectivity index (χ4v) is 3.50. The number of hydrogen-bond donors (Lipinski definition) is 2. The van der Waals surface area contributed by atoms with Crippen LogP contribution in [0, 0.1) is 0 Å². The lowest BCUT2D eigenvalue weighted by Gasteiger charge is -2.11. The number of aromatic nitrogens is 3. The van der Waals surface area contributed by atoms with Crippen LogP contribution in [0.4, 0.5) is 5.69 Å². The van der Waals surface area contributed by atoms with E-state index in [4.69, 9.17) is 9.47 Å². The van der Waals surface area contributed by atoms with Gasteiger partial charge < -0.3 is 19.8 Å². The standard InChI is InChI=1S/C20H13BrN4O3/c21-12-6-14-15(8-24-19(14)23-7-12)20(26)25-16-9-22-4-3-13(16)11-1-2-17-18(5-11)28-10-27-17/h1-9H,10H2,(H,23,24)(H,25,26). The molecule has 0 saturated carbocycles. The van der Waals surface area contributed by atoms with E-state index in [9.17, 15) is 4.79 Å². The van der Waals surface area contributed by atoms with Crippen molar-refractivity contribution in [3.8, 4) is 22.6 Å². The molecule has 3 aromatic heterocycles. The number of hydrogen-bond acceptors (Lipinski definition) is 5. The molecule has 5 rings (SSSR count). The number of carbonyl (C=O) groups excluding carboxylic acids is 1. The molecule has 4 aromatic rings. The van der Waals surface area contributed by atoms with E-state index >= 15 is 0 Å². The van der Waals surface area contributed by atoms with Crippen molar-refractivity contribution in [1.82, 2.24) is 15.0 Å². The fourth-order valence-electron chi connectivity index (χ4n) is 3.17. The molecule has 1 aliphatic rings. The molecular weight excluding hydrogens is 424 g/mol. The Morgan fingerprint density at radius 3 is 2.96 bits per heavy atom. The number of carbonyl (C=O) groups is 1. The minimum Gasteiger partial charge on any atom is -0.454 e. The Hall–Kier alpha value is -3.39. The van der Waals surface area contributed by atoms with E-state index in [1.54, 1.807) is 24.8 Å². The molecule has 8 heteroatoms. The van der Waals surface area contributed by atoms with Crippen LogP contribution in [0.25, 0.3) is 22.2 Å². The van der Waals surface area contributed by atoms with Gasteiger partial charge in [0.05, 0.1) is 17.4 Å². The topological polar surface area (TPSA) is 89.1 Å². The van der Waals surface area contributed by atoms with E-state index < -0.39 is 0 Å². The van der Waals surface area contributed by atoms with Crippen molar-refractivity contribution in [2.45, 2.75) is 0 Å². The maximum atomic E-state index is 12.9. The molecule has 0 fully saturated rings. The zero-order valence-corrected chi connectivity index (χ0v) is 16.0. The molecule has 0 aliphatic carbocycles. The fraction of sp³-hybridized carbons (Fsp3) is 0.0500. The number of anilines is 1. The van der Waals surface area contributed by atoms with Gasteiger partial charge >= 0.3 is 0 Å². The molecule has 0 spiro atoms. The molecule has 28 heavy (non-hydrogen) atoms. The minimum atomic E-state index is -0.249. The number of H-pyrrole nitrogens is 1. The summed E-state index contributed by atoms with van der Waals surface area (Å²) >= 11 is 3.39. The monoisotopic (exact) mass is 436 g/mol. The zero-order chi connectivity index (χ0) is 19.1. The lowest BCUT2D eigenvalue weighted by molar-refractivity contribution is 0.102. The molecule has 1 aliphatic heterocycles. The quantitative estimate of drug-likeness (QED) is 0.497. The number of pyridine rings is 2. The molecule has 0 bridgehead atoms. The van der Waals surface area contributed by atoms with Crippen molar-refractivity contribution in [1.29, 1.82) is 0 Å². The number of rotatable bonds is 3. The predicted molar refractivity (Wildman–Crippen MR) is 108 cm³/mol. The van der Waals surface area contributed by atoms with Crippen LogP contribution >= 0.6 is 15.9 Å². The highest BCUT2D eigenvalue weighted by Crippen LogP contribution is 2.38. The number of nitrogens with one attached hydrogen (secondary N) is 2. The molecule has 0 unspecified atom stereocenters. The van der Waals surface area contributed by atoms with Gasteiger partial charge in [-0.05, 0) is 45.8 Å². The molecule has 0 atom stereocenters. The van der Waals surface area contributed by atoms with Crippen molar-refractivity contribution in [2.75, 3.05) is 12.1 Å². The number of aromatic amines is 1. The SMILES string of the molecule is O=C(Nc1cnccc1-c1ccc2c(c1)OCO2)c1c[nH]c2ncc(Br)cc12. The van der Waals surface area contributed by atoms with Crippen LogP contribution in [0.15, 0.2) is 59.6 Å². The number of halogens is 1. The molecule has 1 amide bonds. The first kappa shape index (κ1) is 16.8. The van der Waals surface area contributed by atoms with Crippen LogP contribution in [-0.2, 0) is 0 Å². The van der Waals surface area contributed by atoms with E-state index in [1.165, 1.54) is 0 Å². The average Bonchev–Trinajstić information content (AvgIpc) is 3.34. The van der Waals surface area contributed by atoms with E-state index in [1.807, 2.05) is 30.3 Å². The van der Waals surface area contributed by atoms with Crippen molar-refractivity contribution in [3.05, 3.63) is 65.2 Å². The number of fused-ring (bicyclic) bond motifs is 2. The van der Waals surface area contributed by atoms with Crippen LogP contribution in [0.1, 0.15) is 10.4 Å². The third kappa shape index (κ3) is 2.87. The summed E-state index contributed by atoms with van der Waals surface area (Å²) in [6.07, 6.45) is 6.64. The molecule has 2 N–H and O–H groups in total. The smallest absolute Gasteiger partial charge is 0.257 e. The van der Waals surface area contributed by atoms with Gasteiger partial charge in [-0.3, -0.25) is 9.78 Å². The molecule has 0 saturated heterocycles.